The number of nitrogens with one attached hydrogen (secondary N) is 1. The van der Waals surface area contributed by atoms with Crippen LogP contribution in [0.4, 0.5) is 5.69 Å². The van der Waals surface area contributed by atoms with Crippen LogP contribution in [-0.4, -0.2) is 23.7 Å². The molecular weight excluding hydrogens is 348 g/mol. The van der Waals surface area contributed by atoms with Crippen LogP contribution in [0.5, 0.6) is 5.75 Å². The first-order chi connectivity index (χ1) is 11.9. The average molecular weight is 363 g/mol. The SMILES string of the molecule is C[C@@H](NC(=O)COc1ccc([N+](=O)[O-])cc1C=O)c1ccc(Cl)cc1. The summed E-state index contributed by atoms with van der Waals surface area (Å²) in [6.07, 6.45) is 0.441. The summed E-state index contributed by atoms with van der Waals surface area (Å²) in [6, 6.07) is 10.4. The number of hydrogen-bond donors (Lipinski definition) is 1. The summed E-state index contributed by atoms with van der Waals surface area (Å²) >= 11 is 5.82. The van der Waals surface area contributed by atoms with Gasteiger partial charge in [-0.1, -0.05) is 23.7 Å². The van der Waals surface area contributed by atoms with Gasteiger partial charge in [0.05, 0.1) is 16.5 Å². The van der Waals surface area contributed by atoms with Crippen molar-refractivity contribution in [3.05, 3.63) is 68.7 Å². The van der Waals surface area contributed by atoms with Gasteiger partial charge in [-0.3, -0.25) is 19.7 Å². The molecule has 0 aliphatic carbocycles. The molecule has 8 heteroatoms. The van der Waals surface area contributed by atoms with E-state index in [0.29, 0.717) is 11.3 Å². The molecule has 0 heterocycles. The fraction of sp³-hybridized carbons (Fsp3) is 0.176. The number of carbonyl (C=O) groups excluding carboxylic acids is 2. The van der Waals surface area contributed by atoms with Gasteiger partial charge in [0.1, 0.15) is 5.75 Å². The van der Waals surface area contributed by atoms with Crippen molar-refractivity contribution in [2.24, 2.45) is 0 Å². The number of non-ortho nitro benzene ring substituents is 1. The van der Waals surface area contributed by atoms with Crippen molar-refractivity contribution in [2.45, 2.75) is 13.0 Å². The first kappa shape index (κ1) is 18.4. The molecule has 130 valence electrons. The van der Waals surface area contributed by atoms with Crippen LogP contribution in [-0.2, 0) is 4.79 Å². The lowest BCUT2D eigenvalue weighted by Gasteiger charge is -2.15. The summed E-state index contributed by atoms with van der Waals surface area (Å²) in [6.45, 7) is 1.49. The van der Waals surface area contributed by atoms with Gasteiger partial charge in [-0.25, -0.2) is 0 Å². The molecule has 2 rings (SSSR count). The maximum Gasteiger partial charge on any atom is 0.270 e. The molecule has 0 saturated carbocycles. The van der Waals surface area contributed by atoms with E-state index in [4.69, 9.17) is 16.3 Å². The minimum atomic E-state index is -0.614. The maximum atomic E-state index is 12.0. The minimum Gasteiger partial charge on any atom is -0.483 e. The van der Waals surface area contributed by atoms with Crippen molar-refractivity contribution >= 4 is 29.5 Å². The fourth-order valence-corrected chi connectivity index (χ4v) is 2.26. The monoisotopic (exact) mass is 362 g/mol. The average Bonchev–Trinajstić information content (AvgIpc) is 2.60. The molecule has 0 aromatic heterocycles. The van der Waals surface area contributed by atoms with E-state index in [1.54, 1.807) is 24.3 Å². The van der Waals surface area contributed by atoms with Gasteiger partial charge in [-0.2, -0.15) is 0 Å². The highest BCUT2D eigenvalue weighted by molar-refractivity contribution is 6.30. The Morgan fingerprint density at radius 1 is 1.32 bits per heavy atom. The molecule has 2 aromatic carbocycles. The topological polar surface area (TPSA) is 98.5 Å². The van der Waals surface area contributed by atoms with E-state index >= 15 is 0 Å². The summed E-state index contributed by atoms with van der Waals surface area (Å²) in [5.41, 5.74) is 0.657. The molecule has 2 aromatic rings. The lowest BCUT2D eigenvalue weighted by Crippen LogP contribution is -2.31. The summed E-state index contributed by atoms with van der Waals surface area (Å²) in [4.78, 5) is 33.1. The van der Waals surface area contributed by atoms with Crippen molar-refractivity contribution in [2.75, 3.05) is 6.61 Å². The third kappa shape index (κ3) is 5.02. The zero-order valence-electron chi connectivity index (χ0n) is 13.3. The molecule has 0 saturated heterocycles. The first-order valence-electron chi connectivity index (χ1n) is 7.32. The lowest BCUT2D eigenvalue weighted by atomic mass is 10.1. The van der Waals surface area contributed by atoms with Crippen molar-refractivity contribution in [3.63, 3.8) is 0 Å². The summed E-state index contributed by atoms with van der Waals surface area (Å²) in [7, 11) is 0. The smallest absolute Gasteiger partial charge is 0.270 e. The quantitative estimate of drug-likeness (QED) is 0.463. The van der Waals surface area contributed by atoms with Gasteiger partial charge in [0, 0.05) is 17.2 Å². The molecule has 1 amide bonds. The number of nitro benzene ring substituents is 1. The van der Waals surface area contributed by atoms with E-state index in [9.17, 15) is 19.7 Å². The van der Waals surface area contributed by atoms with Crippen molar-refractivity contribution in [1.82, 2.24) is 5.32 Å². The normalized spacial score (nSPS) is 11.4. The molecule has 0 aliphatic rings. The second kappa shape index (κ2) is 8.25. The number of amides is 1. The highest BCUT2D eigenvalue weighted by atomic mass is 35.5. The number of benzene rings is 2. The summed E-state index contributed by atoms with van der Waals surface area (Å²) in [5.74, 6) is -0.285. The van der Waals surface area contributed by atoms with Crippen LogP contribution in [0, 0.1) is 10.1 Å². The Bertz CT molecular complexity index is 792. The zero-order valence-corrected chi connectivity index (χ0v) is 14.0. The predicted molar refractivity (Wildman–Crippen MR) is 92.0 cm³/mol. The van der Waals surface area contributed by atoms with Gasteiger partial charge in [-0.05, 0) is 30.7 Å². The van der Waals surface area contributed by atoms with Crippen LogP contribution in [0.1, 0.15) is 28.9 Å². The van der Waals surface area contributed by atoms with Crippen LogP contribution in [0.2, 0.25) is 5.02 Å². The van der Waals surface area contributed by atoms with Gasteiger partial charge in [-0.15, -0.1) is 0 Å². The second-order valence-corrected chi connectivity index (χ2v) is 5.66. The molecule has 0 spiro atoms. The highest BCUT2D eigenvalue weighted by Gasteiger charge is 2.14. The Balaban J connectivity index is 1.96. The molecule has 1 N–H and O–H groups in total. The van der Waals surface area contributed by atoms with Crippen molar-refractivity contribution in [1.29, 1.82) is 0 Å². The molecular formula is C17H15ClN2O5. The second-order valence-electron chi connectivity index (χ2n) is 5.23. The Labute approximate surface area is 148 Å². The van der Waals surface area contributed by atoms with Crippen LogP contribution < -0.4 is 10.1 Å². The molecule has 25 heavy (non-hydrogen) atoms. The van der Waals surface area contributed by atoms with Gasteiger partial charge >= 0.3 is 0 Å². The van der Waals surface area contributed by atoms with E-state index in [1.807, 2.05) is 6.92 Å². The van der Waals surface area contributed by atoms with E-state index in [0.717, 1.165) is 11.6 Å². The van der Waals surface area contributed by atoms with Crippen LogP contribution in [0.25, 0.3) is 0 Å². The molecule has 0 bridgehead atoms. The van der Waals surface area contributed by atoms with Crippen LogP contribution >= 0.6 is 11.6 Å². The summed E-state index contributed by atoms with van der Waals surface area (Å²) in [5, 5.41) is 14.1. The van der Waals surface area contributed by atoms with E-state index < -0.39 is 10.8 Å². The minimum absolute atomic E-state index is 0.00718. The summed E-state index contributed by atoms with van der Waals surface area (Å²) < 4.78 is 5.29. The number of carbonyl (C=O) groups is 2. The molecule has 0 fully saturated rings. The van der Waals surface area contributed by atoms with Gasteiger partial charge in [0.25, 0.3) is 11.6 Å². The predicted octanol–water partition coefficient (Wildman–Crippen LogP) is 3.32. The van der Waals surface area contributed by atoms with Gasteiger partial charge in [0.15, 0.2) is 12.9 Å². The largest absolute Gasteiger partial charge is 0.483 e. The van der Waals surface area contributed by atoms with E-state index in [2.05, 4.69) is 5.32 Å². The molecule has 1 atom stereocenters. The maximum absolute atomic E-state index is 12.0. The number of ether oxygens (including phenoxy) is 1. The van der Waals surface area contributed by atoms with Gasteiger partial charge in [0.2, 0.25) is 0 Å². The van der Waals surface area contributed by atoms with Crippen LogP contribution in [0.15, 0.2) is 42.5 Å². The lowest BCUT2D eigenvalue weighted by molar-refractivity contribution is -0.384. The molecule has 7 nitrogen and oxygen atoms in total. The Morgan fingerprint density at radius 2 is 2.00 bits per heavy atom. The number of halogens is 1. The zero-order chi connectivity index (χ0) is 18.4. The third-order valence-electron chi connectivity index (χ3n) is 3.44. The van der Waals surface area contributed by atoms with E-state index in [1.165, 1.54) is 12.1 Å². The van der Waals surface area contributed by atoms with Crippen LogP contribution in [0.3, 0.4) is 0 Å². The standard InChI is InChI=1S/C17H15ClN2O5/c1-11(12-2-4-14(18)5-3-12)19-17(22)10-25-16-7-6-15(20(23)24)8-13(16)9-21/h2-9,11H,10H2,1H3,(H,19,22)/t11-/m1/s1. The van der Waals surface area contributed by atoms with Gasteiger partial charge < -0.3 is 10.1 Å². The van der Waals surface area contributed by atoms with Crippen molar-refractivity contribution < 1.29 is 19.2 Å². The number of nitro groups is 1. The van der Waals surface area contributed by atoms with E-state index in [-0.39, 0.29) is 29.6 Å². The third-order valence-corrected chi connectivity index (χ3v) is 3.69. The number of aldehydes is 1. The molecule has 0 radical (unpaired) electrons. The highest BCUT2D eigenvalue weighted by Crippen LogP contribution is 2.23. The number of nitrogens with zero attached hydrogens (tertiary/aromatic N) is 1. The Hall–Kier alpha value is -2.93. The first-order valence-corrected chi connectivity index (χ1v) is 7.69. The molecule has 0 unspecified atom stereocenters. The molecule has 0 aliphatic heterocycles. The fourth-order valence-electron chi connectivity index (χ4n) is 2.13. The number of hydrogen-bond acceptors (Lipinski definition) is 5. The Morgan fingerprint density at radius 3 is 2.60 bits per heavy atom. The number of rotatable bonds is 7. The Kier molecular flexibility index (Phi) is 6.08. The van der Waals surface area contributed by atoms with Crippen molar-refractivity contribution in [3.8, 4) is 5.75 Å².